The second-order valence-corrected chi connectivity index (χ2v) is 5.42. The van der Waals surface area contributed by atoms with Gasteiger partial charge in [-0.2, -0.15) is 13.2 Å². The van der Waals surface area contributed by atoms with Gasteiger partial charge in [0.05, 0.1) is 5.56 Å². The lowest BCUT2D eigenvalue weighted by atomic mass is 10.0. The summed E-state index contributed by atoms with van der Waals surface area (Å²) in [6.45, 7) is 3.60. The van der Waals surface area contributed by atoms with E-state index in [-0.39, 0.29) is 6.04 Å². The van der Waals surface area contributed by atoms with Gasteiger partial charge in [-0.15, -0.1) is 11.6 Å². The first-order chi connectivity index (χ1) is 9.49. The molecule has 1 atom stereocenters. The fourth-order valence-electron chi connectivity index (χ4n) is 2.47. The molecule has 0 aliphatic carbocycles. The maximum Gasteiger partial charge on any atom is 0.416 e. The van der Waals surface area contributed by atoms with Crippen LogP contribution in [-0.4, -0.2) is 43.0 Å². The third kappa shape index (κ3) is 4.36. The van der Waals surface area contributed by atoms with Crippen molar-refractivity contribution in [3.63, 3.8) is 0 Å². The lowest BCUT2D eigenvalue weighted by Crippen LogP contribution is -2.51. The summed E-state index contributed by atoms with van der Waals surface area (Å²) < 4.78 is 37.4. The molecular weight excluding hydrogens is 289 g/mol. The number of hydrogen-bond donors (Lipinski definition) is 1. The Bertz CT molecular complexity index is 417. The standard InChI is InChI=1S/C14H18ClF3N2/c15-5-7-20-8-6-19-13(10-20)9-11-1-3-12(4-2-11)14(16,17)18/h1-4,13,19H,5-10H2. The van der Waals surface area contributed by atoms with Crippen molar-refractivity contribution in [2.75, 3.05) is 32.1 Å². The van der Waals surface area contributed by atoms with Gasteiger partial charge < -0.3 is 5.32 Å². The van der Waals surface area contributed by atoms with Crippen LogP contribution in [0.15, 0.2) is 24.3 Å². The maximum absolute atomic E-state index is 12.5. The van der Waals surface area contributed by atoms with Crippen LogP contribution in [0.4, 0.5) is 13.2 Å². The first kappa shape index (κ1) is 15.6. The van der Waals surface area contributed by atoms with Gasteiger partial charge in [0, 0.05) is 38.1 Å². The van der Waals surface area contributed by atoms with Crippen LogP contribution in [0.1, 0.15) is 11.1 Å². The molecule has 2 nitrogen and oxygen atoms in total. The van der Waals surface area contributed by atoms with E-state index in [2.05, 4.69) is 10.2 Å². The van der Waals surface area contributed by atoms with E-state index in [1.165, 1.54) is 0 Å². The van der Waals surface area contributed by atoms with Crippen LogP contribution in [-0.2, 0) is 12.6 Å². The minimum absolute atomic E-state index is 0.267. The van der Waals surface area contributed by atoms with Gasteiger partial charge in [0.1, 0.15) is 0 Å². The van der Waals surface area contributed by atoms with Crippen molar-refractivity contribution in [3.8, 4) is 0 Å². The third-order valence-electron chi connectivity index (χ3n) is 3.50. The van der Waals surface area contributed by atoms with Crippen molar-refractivity contribution in [2.45, 2.75) is 18.6 Å². The average Bonchev–Trinajstić information content (AvgIpc) is 2.39. The molecule has 0 bridgehead atoms. The maximum atomic E-state index is 12.5. The zero-order chi connectivity index (χ0) is 14.6. The number of hydrogen-bond acceptors (Lipinski definition) is 2. The highest BCUT2D eigenvalue weighted by Crippen LogP contribution is 2.29. The topological polar surface area (TPSA) is 15.3 Å². The largest absolute Gasteiger partial charge is 0.416 e. The zero-order valence-electron chi connectivity index (χ0n) is 11.1. The molecule has 20 heavy (non-hydrogen) atoms. The van der Waals surface area contributed by atoms with E-state index in [1.54, 1.807) is 12.1 Å². The minimum atomic E-state index is -4.27. The second kappa shape index (κ2) is 6.78. The molecule has 0 saturated carbocycles. The van der Waals surface area contributed by atoms with Gasteiger partial charge in [-0.1, -0.05) is 12.1 Å². The number of alkyl halides is 4. The van der Waals surface area contributed by atoms with Gasteiger partial charge in [-0.3, -0.25) is 4.90 Å². The van der Waals surface area contributed by atoms with Crippen molar-refractivity contribution in [1.29, 1.82) is 0 Å². The van der Waals surface area contributed by atoms with Crippen LogP contribution in [0, 0.1) is 0 Å². The number of halogens is 4. The molecule has 1 heterocycles. The van der Waals surface area contributed by atoms with E-state index < -0.39 is 11.7 Å². The average molecular weight is 307 g/mol. The summed E-state index contributed by atoms with van der Waals surface area (Å²) in [6.07, 6.45) is -3.53. The van der Waals surface area contributed by atoms with Crippen molar-refractivity contribution < 1.29 is 13.2 Å². The minimum Gasteiger partial charge on any atom is -0.311 e. The van der Waals surface area contributed by atoms with E-state index in [1.807, 2.05) is 0 Å². The molecule has 0 aromatic heterocycles. The van der Waals surface area contributed by atoms with Crippen LogP contribution in [0.25, 0.3) is 0 Å². The first-order valence-corrected chi connectivity index (χ1v) is 7.20. The summed E-state index contributed by atoms with van der Waals surface area (Å²) in [7, 11) is 0. The molecule has 0 radical (unpaired) electrons. The molecule has 0 spiro atoms. The van der Waals surface area contributed by atoms with Crippen molar-refractivity contribution in [3.05, 3.63) is 35.4 Å². The van der Waals surface area contributed by atoms with Gasteiger partial charge in [0.2, 0.25) is 0 Å². The Labute approximate surface area is 121 Å². The van der Waals surface area contributed by atoms with Gasteiger partial charge in [0.15, 0.2) is 0 Å². The predicted molar refractivity (Wildman–Crippen MR) is 74.1 cm³/mol. The lowest BCUT2D eigenvalue weighted by molar-refractivity contribution is -0.137. The molecule has 1 saturated heterocycles. The van der Waals surface area contributed by atoms with Gasteiger partial charge >= 0.3 is 6.18 Å². The summed E-state index contributed by atoms with van der Waals surface area (Å²) in [5.74, 6) is 0.604. The monoisotopic (exact) mass is 306 g/mol. The molecule has 2 rings (SSSR count). The van der Waals surface area contributed by atoms with E-state index in [0.717, 1.165) is 50.3 Å². The van der Waals surface area contributed by atoms with Crippen molar-refractivity contribution in [1.82, 2.24) is 10.2 Å². The molecule has 1 aliphatic rings. The van der Waals surface area contributed by atoms with Crippen LogP contribution < -0.4 is 5.32 Å². The van der Waals surface area contributed by atoms with Gasteiger partial charge in [-0.25, -0.2) is 0 Å². The summed E-state index contributed by atoms with van der Waals surface area (Å²) in [5.41, 5.74) is 0.324. The Morgan fingerprint density at radius 3 is 2.55 bits per heavy atom. The Balaban J connectivity index is 1.93. The number of piperazine rings is 1. The first-order valence-electron chi connectivity index (χ1n) is 6.67. The molecule has 1 fully saturated rings. The van der Waals surface area contributed by atoms with Crippen molar-refractivity contribution >= 4 is 11.6 Å². The normalized spacial score (nSPS) is 21.1. The highest BCUT2D eigenvalue weighted by Gasteiger charge is 2.30. The van der Waals surface area contributed by atoms with E-state index in [9.17, 15) is 13.2 Å². The smallest absolute Gasteiger partial charge is 0.311 e. The molecule has 1 unspecified atom stereocenters. The Morgan fingerprint density at radius 1 is 1.25 bits per heavy atom. The van der Waals surface area contributed by atoms with Crippen LogP contribution in [0.2, 0.25) is 0 Å². The summed E-state index contributed by atoms with van der Waals surface area (Å²) >= 11 is 5.73. The summed E-state index contributed by atoms with van der Waals surface area (Å²) in [5, 5.41) is 3.39. The molecule has 1 N–H and O–H groups in total. The van der Waals surface area contributed by atoms with Crippen LogP contribution >= 0.6 is 11.6 Å². The van der Waals surface area contributed by atoms with Crippen LogP contribution in [0.5, 0.6) is 0 Å². The predicted octanol–water partition coefficient (Wildman–Crippen LogP) is 2.76. The van der Waals surface area contributed by atoms with E-state index in [4.69, 9.17) is 11.6 Å². The molecule has 6 heteroatoms. The Morgan fingerprint density at radius 2 is 1.95 bits per heavy atom. The highest BCUT2D eigenvalue weighted by molar-refractivity contribution is 6.18. The number of benzene rings is 1. The second-order valence-electron chi connectivity index (χ2n) is 5.04. The molecule has 112 valence electrons. The fraction of sp³-hybridized carbons (Fsp3) is 0.571. The fourth-order valence-corrected chi connectivity index (χ4v) is 2.71. The molecule has 1 aromatic carbocycles. The molecular formula is C14H18ClF3N2. The van der Waals surface area contributed by atoms with Gasteiger partial charge in [0.25, 0.3) is 0 Å². The third-order valence-corrected chi connectivity index (χ3v) is 3.67. The summed E-state index contributed by atoms with van der Waals surface area (Å²) in [4.78, 5) is 2.28. The van der Waals surface area contributed by atoms with E-state index in [0.29, 0.717) is 5.88 Å². The van der Waals surface area contributed by atoms with Crippen molar-refractivity contribution in [2.24, 2.45) is 0 Å². The lowest BCUT2D eigenvalue weighted by Gasteiger charge is -2.33. The number of rotatable bonds is 4. The number of nitrogens with one attached hydrogen (secondary N) is 1. The molecule has 1 aromatic rings. The Kier molecular flexibility index (Phi) is 5.29. The highest BCUT2D eigenvalue weighted by atomic mass is 35.5. The van der Waals surface area contributed by atoms with Crippen LogP contribution in [0.3, 0.4) is 0 Å². The summed E-state index contributed by atoms with van der Waals surface area (Å²) in [6, 6.07) is 5.68. The van der Waals surface area contributed by atoms with Gasteiger partial charge in [-0.05, 0) is 24.1 Å². The number of nitrogens with zero attached hydrogens (tertiary/aromatic N) is 1. The Hall–Kier alpha value is -0.780. The van der Waals surface area contributed by atoms with E-state index >= 15 is 0 Å². The zero-order valence-corrected chi connectivity index (χ0v) is 11.8. The molecule has 1 aliphatic heterocycles. The SMILES string of the molecule is FC(F)(F)c1ccc(CC2CN(CCCl)CCN2)cc1. The quantitative estimate of drug-likeness (QED) is 0.861. The molecule has 0 amide bonds.